The third-order valence-electron chi connectivity index (χ3n) is 5.42. The Kier molecular flexibility index (Phi) is 8.03. The van der Waals surface area contributed by atoms with Crippen molar-refractivity contribution in [1.29, 1.82) is 0 Å². The molecule has 1 N–H and O–H groups in total. The van der Waals surface area contributed by atoms with Gasteiger partial charge in [0.25, 0.3) is 0 Å². The van der Waals surface area contributed by atoms with Crippen LogP contribution in [0.4, 0.5) is 5.69 Å². The Balaban J connectivity index is 1.92. The van der Waals surface area contributed by atoms with Gasteiger partial charge in [-0.2, -0.15) is 0 Å². The minimum Gasteiger partial charge on any atom is -0.454 e. The molecule has 1 aliphatic heterocycles. The summed E-state index contributed by atoms with van der Waals surface area (Å²) >= 11 is 0. The van der Waals surface area contributed by atoms with Gasteiger partial charge in [0.15, 0.2) is 11.5 Å². The van der Waals surface area contributed by atoms with Crippen LogP contribution in [0.25, 0.3) is 0 Å². The van der Waals surface area contributed by atoms with Crippen molar-refractivity contribution in [2.24, 2.45) is 0 Å². The average Bonchev–Trinajstić information content (AvgIpc) is 3.28. The van der Waals surface area contributed by atoms with Crippen molar-refractivity contribution in [2.75, 3.05) is 23.4 Å². The summed E-state index contributed by atoms with van der Waals surface area (Å²) < 4.78 is 37.7. The Morgan fingerprint density at radius 2 is 1.71 bits per heavy atom. The lowest BCUT2D eigenvalue weighted by Gasteiger charge is -2.32. The molecule has 0 aliphatic carbocycles. The SMILES string of the molecule is CCS(=O)(=O)N(CC(=O)N(Cc1ccccc1)C(C)C(=O)NC(C)C)c1ccc2c(c1)OCO2. The smallest absolute Gasteiger partial charge is 0.244 e. The molecule has 184 valence electrons. The van der Waals surface area contributed by atoms with Crippen LogP contribution in [-0.2, 0) is 26.2 Å². The second-order valence-corrected chi connectivity index (χ2v) is 10.5. The Bertz CT molecular complexity index is 1120. The molecular formula is C24H31N3O6S. The first kappa shape index (κ1) is 25.4. The van der Waals surface area contributed by atoms with E-state index in [-0.39, 0.29) is 31.0 Å². The number of carbonyl (C=O) groups excluding carboxylic acids is 2. The van der Waals surface area contributed by atoms with E-state index in [1.165, 1.54) is 11.8 Å². The van der Waals surface area contributed by atoms with Gasteiger partial charge in [-0.3, -0.25) is 13.9 Å². The number of hydrogen-bond donors (Lipinski definition) is 1. The zero-order chi connectivity index (χ0) is 24.9. The maximum atomic E-state index is 13.5. The molecule has 9 nitrogen and oxygen atoms in total. The van der Waals surface area contributed by atoms with Crippen LogP contribution < -0.4 is 19.1 Å². The number of hydrogen-bond acceptors (Lipinski definition) is 6. The van der Waals surface area contributed by atoms with Crippen LogP contribution in [0.1, 0.15) is 33.3 Å². The van der Waals surface area contributed by atoms with Gasteiger partial charge < -0.3 is 19.7 Å². The number of sulfonamides is 1. The van der Waals surface area contributed by atoms with E-state index in [0.29, 0.717) is 17.2 Å². The summed E-state index contributed by atoms with van der Waals surface area (Å²) in [6, 6.07) is 13.1. The highest BCUT2D eigenvalue weighted by Gasteiger charge is 2.31. The van der Waals surface area contributed by atoms with Crippen LogP contribution in [0.2, 0.25) is 0 Å². The topological polar surface area (TPSA) is 105 Å². The van der Waals surface area contributed by atoms with Gasteiger partial charge in [-0.05, 0) is 45.4 Å². The molecule has 0 saturated carbocycles. The Labute approximate surface area is 200 Å². The number of fused-ring (bicyclic) bond motifs is 1. The van der Waals surface area contributed by atoms with E-state index >= 15 is 0 Å². The van der Waals surface area contributed by atoms with E-state index < -0.39 is 28.5 Å². The highest BCUT2D eigenvalue weighted by atomic mass is 32.2. The molecule has 3 rings (SSSR count). The first-order valence-corrected chi connectivity index (χ1v) is 12.8. The van der Waals surface area contributed by atoms with Crippen LogP contribution in [0.15, 0.2) is 48.5 Å². The molecule has 34 heavy (non-hydrogen) atoms. The van der Waals surface area contributed by atoms with Gasteiger partial charge in [0.05, 0.1) is 11.4 Å². The first-order chi connectivity index (χ1) is 16.1. The normalized spacial score (nSPS) is 13.4. The molecule has 0 bridgehead atoms. The van der Waals surface area contributed by atoms with Crippen molar-refractivity contribution < 1.29 is 27.5 Å². The molecule has 0 fully saturated rings. The summed E-state index contributed by atoms with van der Waals surface area (Å²) in [5, 5.41) is 2.82. The predicted molar refractivity (Wildman–Crippen MR) is 129 cm³/mol. The monoisotopic (exact) mass is 489 g/mol. The molecule has 0 saturated heterocycles. The van der Waals surface area contributed by atoms with Gasteiger partial charge in [-0.25, -0.2) is 8.42 Å². The Hall–Kier alpha value is -3.27. The number of nitrogens with zero attached hydrogens (tertiary/aromatic N) is 2. The number of benzene rings is 2. The van der Waals surface area contributed by atoms with Crippen molar-refractivity contribution in [3.63, 3.8) is 0 Å². The van der Waals surface area contributed by atoms with E-state index in [1.807, 2.05) is 44.2 Å². The number of ether oxygens (including phenoxy) is 2. The van der Waals surface area contributed by atoms with Gasteiger partial charge in [-0.1, -0.05) is 30.3 Å². The van der Waals surface area contributed by atoms with Gasteiger partial charge in [0.1, 0.15) is 12.6 Å². The summed E-state index contributed by atoms with van der Waals surface area (Å²) in [6.45, 7) is 6.57. The molecule has 1 heterocycles. The quantitative estimate of drug-likeness (QED) is 0.550. The lowest BCUT2D eigenvalue weighted by molar-refractivity contribution is -0.139. The molecule has 2 aromatic carbocycles. The Morgan fingerprint density at radius 3 is 2.35 bits per heavy atom. The summed E-state index contributed by atoms with van der Waals surface area (Å²) in [5.41, 5.74) is 1.12. The van der Waals surface area contributed by atoms with Crippen molar-refractivity contribution in [1.82, 2.24) is 10.2 Å². The molecule has 0 aromatic heterocycles. The second-order valence-electron chi connectivity index (χ2n) is 8.29. The molecule has 0 spiro atoms. The zero-order valence-corrected chi connectivity index (χ0v) is 20.7. The lowest BCUT2D eigenvalue weighted by atomic mass is 10.1. The Morgan fingerprint density at radius 1 is 1.03 bits per heavy atom. The van der Waals surface area contributed by atoms with E-state index in [0.717, 1.165) is 9.87 Å². The van der Waals surface area contributed by atoms with E-state index in [2.05, 4.69) is 5.32 Å². The van der Waals surface area contributed by atoms with Gasteiger partial charge in [0.2, 0.25) is 28.6 Å². The number of anilines is 1. The molecule has 1 unspecified atom stereocenters. The van der Waals surface area contributed by atoms with E-state index in [1.54, 1.807) is 25.1 Å². The highest BCUT2D eigenvalue weighted by Crippen LogP contribution is 2.36. The molecule has 1 aliphatic rings. The van der Waals surface area contributed by atoms with Crippen LogP contribution in [0.3, 0.4) is 0 Å². The number of rotatable bonds is 10. The zero-order valence-electron chi connectivity index (χ0n) is 19.9. The van der Waals surface area contributed by atoms with Crippen LogP contribution in [0.5, 0.6) is 11.5 Å². The molecule has 10 heteroatoms. The first-order valence-electron chi connectivity index (χ1n) is 11.2. The largest absolute Gasteiger partial charge is 0.454 e. The fraction of sp³-hybridized carbons (Fsp3) is 0.417. The molecule has 2 aromatic rings. The summed E-state index contributed by atoms with van der Waals surface area (Å²) in [6.07, 6.45) is 0. The van der Waals surface area contributed by atoms with Gasteiger partial charge in [-0.15, -0.1) is 0 Å². The lowest BCUT2D eigenvalue weighted by Crippen LogP contribution is -2.52. The van der Waals surface area contributed by atoms with Gasteiger partial charge >= 0.3 is 0 Å². The summed E-state index contributed by atoms with van der Waals surface area (Å²) in [7, 11) is -3.81. The van der Waals surface area contributed by atoms with Crippen LogP contribution in [-0.4, -0.2) is 56.3 Å². The van der Waals surface area contributed by atoms with Crippen LogP contribution >= 0.6 is 0 Å². The van der Waals surface area contributed by atoms with E-state index in [9.17, 15) is 18.0 Å². The number of carbonyl (C=O) groups is 2. The summed E-state index contributed by atoms with van der Waals surface area (Å²) in [5.74, 6) is -0.0885. The number of amides is 2. The average molecular weight is 490 g/mol. The van der Waals surface area contributed by atoms with Crippen molar-refractivity contribution >= 4 is 27.5 Å². The molecule has 0 radical (unpaired) electrons. The maximum Gasteiger partial charge on any atom is 0.244 e. The standard InChI is InChI=1S/C24H31N3O6S/c1-5-34(30,31)27(20-11-12-21-22(13-20)33-16-32-21)15-23(28)26(14-19-9-7-6-8-10-19)18(4)24(29)25-17(2)3/h6-13,17-18H,5,14-16H2,1-4H3,(H,25,29). The maximum absolute atomic E-state index is 13.5. The van der Waals surface area contributed by atoms with Crippen molar-refractivity contribution in [2.45, 2.75) is 46.3 Å². The van der Waals surface area contributed by atoms with Crippen LogP contribution in [0, 0.1) is 0 Å². The predicted octanol–water partition coefficient (Wildman–Crippen LogP) is 2.51. The fourth-order valence-corrected chi connectivity index (χ4v) is 4.58. The molecule has 2 amide bonds. The number of nitrogens with one attached hydrogen (secondary N) is 1. The van der Waals surface area contributed by atoms with Crippen molar-refractivity contribution in [3.05, 3.63) is 54.1 Å². The second kappa shape index (κ2) is 10.8. The fourth-order valence-electron chi connectivity index (χ4n) is 3.53. The third-order valence-corrected chi connectivity index (χ3v) is 7.16. The minimum absolute atomic E-state index is 0.0472. The summed E-state index contributed by atoms with van der Waals surface area (Å²) in [4.78, 5) is 27.7. The third kappa shape index (κ3) is 5.99. The van der Waals surface area contributed by atoms with E-state index in [4.69, 9.17) is 9.47 Å². The minimum atomic E-state index is -3.81. The van der Waals surface area contributed by atoms with Crippen molar-refractivity contribution in [3.8, 4) is 11.5 Å². The molecular weight excluding hydrogens is 458 g/mol. The van der Waals surface area contributed by atoms with Gasteiger partial charge in [0, 0.05) is 18.7 Å². The highest BCUT2D eigenvalue weighted by molar-refractivity contribution is 7.92. The molecule has 1 atom stereocenters.